The van der Waals surface area contributed by atoms with Crippen molar-refractivity contribution < 1.29 is 4.79 Å². The quantitative estimate of drug-likeness (QED) is 0.719. The molecule has 2 rings (SSSR count). The number of hydrogen-bond acceptors (Lipinski definition) is 3. The molecule has 0 aromatic heterocycles. The number of nitrogens with zero attached hydrogens (tertiary/aromatic N) is 1. The lowest BCUT2D eigenvalue weighted by molar-refractivity contribution is -0.122. The summed E-state index contributed by atoms with van der Waals surface area (Å²) >= 11 is 0. The van der Waals surface area contributed by atoms with Crippen molar-refractivity contribution in [2.75, 3.05) is 26.2 Å². The highest BCUT2D eigenvalue weighted by atomic mass is 35.5. The first-order valence-electron chi connectivity index (χ1n) is 8.47. The second-order valence-electron chi connectivity index (χ2n) is 6.41. The number of benzene rings is 1. The summed E-state index contributed by atoms with van der Waals surface area (Å²) in [6, 6.07) is 8.95. The Bertz CT molecular complexity index is 451. The Hall–Kier alpha value is -0.810. The van der Waals surface area contributed by atoms with Crippen LogP contribution in [0.1, 0.15) is 44.2 Å². The number of piperidine rings is 1. The number of rotatable bonds is 7. The third kappa shape index (κ3) is 7.84. The lowest BCUT2D eigenvalue weighted by atomic mass is 9.99. The van der Waals surface area contributed by atoms with Gasteiger partial charge in [-0.25, -0.2) is 0 Å². The Morgan fingerprint density at radius 2 is 1.83 bits per heavy atom. The first-order chi connectivity index (χ1) is 10.7. The van der Waals surface area contributed by atoms with Crippen LogP contribution in [0.15, 0.2) is 30.3 Å². The van der Waals surface area contributed by atoms with Crippen molar-refractivity contribution in [3.05, 3.63) is 35.9 Å². The number of hydrogen-bond donors (Lipinski definition) is 2. The summed E-state index contributed by atoms with van der Waals surface area (Å²) in [7, 11) is 0. The molecule has 0 aliphatic carbocycles. The monoisotopic (exact) mass is 375 g/mol. The van der Waals surface area contributed by atoms with Crippen LogP contribution in [0.3, 0.4) is 0 Å². The van der Waals surface area contributed by atoms with E-state index < -0.39 is 6.04 Å². The van der Waals surface area contributed by atoms with Gasteiger partial charge >= 0.3 is 0 Å². The predicted octanol–water partition coefficient (Wildman–Crippen LogP) is 3.16. The Morgan fingerprint density at radius 1 is 1.21 bits per heavy atom. The van der Waals surface area contributed by atoms with Gasteiger partial charge in [0.2, 0.25) is 5.91 Å². The standard InChI is InChI=1S/C18H29N3O.2ClH/c1-15-9-13-21(14-10-15)12-6-5-11-20-18(22)17(19)16-7-3-2-4-8-16;;/h2-4,7-8,15,17H,5-6,9-14,19H2,1H3,(H,20,22);2*1H. The van der Waals surface area contributed by atoms with Crippen LogP contribution in [0.25, 0.3) is 0 Å². The van der Waals surface area contributed by atoms with Gasteiger partial charge < -0.3 is 16.0 Å². The van der Waals surface area contributed by atoms with Crippen LogP contribution in [0.4, 0.5) is 0 Å². The van der Waals surface area contributed by atoms with Crippen molar-refractivity contribution in [2.45, 2.75) is 38.6 Å². The molecule has 1 fully saturated rings. The predicted molar refractivity (Wildman–Crippen MR) is 105 cm³/mol. The van der Waals surface area contributed by atoms with E-state index in [0.29, 0.717) is 6.54 Å². The molecular weight excluding hydrogens is 345 g/mol. The van der Waals surface area contributed by atoms with Gasteiger partial charge in [-0.15, -0.1) is 24.8 Å². The molecule has 1 amide bonds. The first-order valence-corrected chi connectivity index (χ1v) is 8.47. The van der Waals surface area contributed by atoms with E-state index in [1.807, 2.05) is 30.3 Å². The molecule has 1 atom stereocenters. The molecule has 1 heterocycles. The van der Waals surface area contributed by atoms with Gasteiger partial charge in [0.25, 0.3) is 0 Å². The zero-order valence-corrected chi connectivity index (χ0v) is 16.1. The summed E-state index contributed by atoms with van der Waals surface area (Å²) < 4.78 is 0. The van der Waals surface area contributed by atoms with E-state index in [4.69, 9.17) is 5.73 Å². The maximum atomic E-state index is 12.0. The largest absolute Gasteiger partial charge is 0.354 e. The highest BCUT2D eigenvalue weighted by Crippen LogP contribution is 2.16. The number of carbonyl (C=O) groups excluding carboxylic acids is 1. The molecule has 3 N–H and O–H groups in total. The van der Waals surface area contributed by atoms with Gasteiger partial charge in [-0.1, -0.05) is 37.3 Å². The number of halogens is 2. The maximum absolute atomic E-state index is 12.0. The van der Waals surface area contributed by atoms with Crippen molar-refractivity contribution in [1.82, 2.24) is 10.2 Å². The van der Waals surface area contributed by atoms with Crippen molar-refractivity contribution in [3.8, 4) is 0 Å². The van der Waals surface area contributed by atoms with Crippen LogP contribution in [0, 0.1) is 5.92 Å². The highest BCUT2D eigenvalue weighted by Gasteiger charge is 2.16. The van der Waals surface area contributed by atoms with E-state index in [9.17, 15) is 4.79 Å². The number of nitrogens with two attached hydrogens (primary N) is 1. The molecular formula is C18H31Cl2N3O. The van der Waals surface area contributed by atoms with Gasteiger partial charge in [0, 0.05) is 6.54 Å². The summed E-state index contributed by atoms with van der Waals surface area (Å²) in [6.45, 7) is 6.65. The molecule has 1 unspecified atom stereocenters. The van der Waals surface area contributed by atoms with Crippen molar-refractivity contribution in [3.63, 3.8) is 0 Å². The van der Waals surface area contributed by atoms with Crippen molar-refractivity contribution in [2.24, 2.45) is 11.7 Å². The summed E-state index contributed by atoms with van der Waals surface area (Å²) in [4.78, 5) is 14.5. The summed E-state index contributed by atoms with van der Waals surface area (Å²) in [5.41, 5.74) is 6.83. The molecule has 24 heavy (non-hydrogen) atoms. The highest BCUT2D eigenvalue weighted by molar-refractivity contribution is 5.85. The van der Waals surface area contributed by atoms with Crippen LogP contribution in [-0.2, 0) is 4.79 Å². The van der Waals surface area contributed by atoms with Gasteiger partial charge in [-0.2, -0.15) is 0 Å². The van der Waals surface area contributed by atoms with Gasteiger partial charge in [-0.05, 0) is 56.8 Å². The summed E-state index contributed by atoms with van der Waals surface area (Å²) in [6.07, 6.45) is 4.79. The van der Waals surface area contributed by atoms with Crippen LogP contribution in [0.5, 0.6) is 0 Å². The van der Waals surface area contributed by atoms with Crippen molar-refractivity contribution >= 4 is 30.7 Å². The van der Waals surface area contributed by atoms with Crippen LogP contribution in [0.2, 0.25) is 0 Å². The topological polar surface area (TPSA) is 58.4 Å². The molecule has 6 heteroatoms. The molecule has 1 aliphatic heterocycles. The molecule has 1 saturated heterocycles. The third-order valence-corrected chi connectivity index (χ3v) is 4.52. The van der Waals surface area contributed by atoms with Crippen LogP contribution in [-0.4, -0.2) is 37.0 Å². The zero-order chi connectivity index (χ0) is 15.8. The fourth-order valence-electron chi connectivity index (χ4n) is 2.88. The van der Waals surface area contributed by atoms with E-state index in [0.717, 1.165) is 30.9 Å². The van der Waals surface area contributed by atoms with Crippen LogP contribution < -0.4 is 11.1 Å². The van der Waals surface area contributed by atoms with E-state index in [-0.39, 0.29) is 30.7 Å². The molecule has 0 radical (unpaired) electrons. The minimum absolute atomic E-state index is 0. The van der Waals surface area contributed by atoms with Gasteiger partial charge in [0.05, 0.1) is 0 Å². The molecule has 1 aromatic rings. The van der Waals surface area contributed by atoms with Gasteiger partial charge in [0.1, 0.15) is 6.04 Å². The normalized spacial score (nSPS) is 16.6. The van der Waals surface area contributed by atoms with Crippen molar-refractivity contribution in [1.29, 1.82) is 0 Å². The summed E-state index contributed by atoms with van der Waals surface area (Å²) in [5, 5.41) is 2.94. The molecule has 0 spiro atoms. The molecule has 138 valence electrons. The van der Waals surface area contributed by atoms with E-state index in [2.05, 4.69) is 17.1 Å². The fourth-order valence-corrected chi connectivity index (χ4v) is 2.88. The van der Waals surface area contributed by atoms with Gasteiger partial charge in [-0.3, -0.25) is 4.79 Å². The zero-order valence-electron chi connectivity index (χ0n) is 14.4. The SMILES string of the molecule is CC1CCN(CCCCNC(=O)C(N)c2ccccc2)CC1.Cl.Cl. The Labute approximate surface area is 158 Å². The Kier molecular flexibility index (Phi) is 12.1. The number of carbonyl (C=O) groups is 1. The summed E-state index contributed by atoms with van der Waals surface area (Å²) in [5.74, 6) is 0.799. The second-order valence-corrected chi connectivity index (χ2v) is 6.41. The minimum Gasteiger partial charge on any atom is -0.354 e. The fraction of sp³-hybridized carbons (Fsp3) is 0.611. The van der Waals surface area contributed by atoms with E-state index in [1.54, 1.807) is 0 Å². The Balaban J connectivity index is 0.00000264. The van der Waals surface area contributed by atoms with E-state index in [1.165, 1.54) is 25.9 Å². The number of unbranched alkanes of at least 4 members (excludes halogenated alkanes) is 1. The third-order valence-electron chi connectivity index (χ3n) is 4.52. The lowest BCUT2D eigenvalue weighted by Crippen LogP contribution is -2.36. The van der Waals surface area contributed by atoms with E-state index >= 15 is 0 Å². The number of likely N-dealkylation sites (tertiary alicyclic amines) is 1. The average Bonchev–Trinajstić information content (AvgIpc) is 2.56. The smallest absolute Gasteiger partial charge is 0.241 e. The number of amides is 1. The Morgan fingerprint density at radius 3 is 2.46 bits per heavy atom. The molecule has 0 bridgehead atoms. The lowest BCUT2D eigenvalue weighted by Gasteiger charge is -2.30. The van der Waals surface area contributed by atoms with Crippen LogP contribution >= 0.6 is 24.8 Å². The minimum atomic E-state index is -0.565. The number of nitrogens with one attached hydrogen (secondary N) is 1. The average molecular weight is 376 g/mol. The molecule has 0 saturated carbocycles. The van der Waals surface area contributed by atoms with Gasteiger partial charge in [0.15, 0.2) is 0 Å². The maximum Gasteiger partial charge on any atom is 0.241 e. The molecule has 1 aromatic carbocycles. The molecule has 1 aliphatic rings. The second kappa shape index (κ2) is 12.5. The molecule has 4 nitrogen and oxygen atoms in total. The first kappa shape index (κ1) is 23.2.